The van der Waals surface area contributed by atoms with Crippen molar-refractivity contribution in [1.82, 2.24) is 19.7 Å². The van der Waals surface area contributed by atoms with Crippen LogP contribution < -0.4 is 0 Å². The number of hydrogen-bond acceptors (Lipinski definition) is 4. The second-order valence-electron chi connectivity index (χ2n) is 6.90. The Kier molecular flexibility index (Phi) is 5.24. The topological polar surface area (TPSA) is 61.1 Å². The summed E-state index contributed by atoms with van der Waals surface area (Å²) in [7, 11) is 0. The summed E-state index contributed by atoms with van der Waals surface area (Å²) in [6.45, 7) is 7.21. The fourth-order valence-electron chi connectivity index (χ4n) is 3.35. The second kappa shape index (κ2) is 7.67. The number of benzene rings is 1. The molecule has 3 heterocycles. The first-order chi connectivity index (χ1) is 15.0. The largest absolute Gasteiger partial charge is 0.419 e. The number of fused-ring (bicyclic) bond motifs is 1. The molecule has 0 aliphatic rings. The van der Waals surface area contributed by atoms with E-state index in [9.17, 15) is 22.0 Å². The zero-order valence-electron chi connectivity index (χ0n) is 16.1. The third-order valence-corrected chi connectivity index (χ3v) is 5.06. The van der Waals surface area contributed by atoms with Crippen LogP contribution in [0.5, 0.6) is 0 Å². The van der Waals surface area contributed by atoms with Crippen molar-refractivity contribution in [2.24, 2.45) is 0 Å². The molecular formula is C20H11BrF5N5O. The molecule has 6 nitrogen and oxygen atoms in total. The molecule has 0 amide bonds. The van der Waals surface area contributed by atoms with Gasteiger partial charge in [0.1, 0.15) is 6.54 Å². The predicted molar refractivity (Wildman–Crippen MR) is 107 cm³/mol. The number of halogens is 6. The monoisotopic (exact) mass is 511 g/mol. The zero-order chi connectivity index (χ0) is 23.3. The van der Waals surface area contributed by atoms with Gasteiger partial charge in [-0.1, -0.05) is 6.07 Å². The molecular weight excluding hydrogens is 501 g/mol. The summed E-state index contributed by atoms with van der Waals surface area (Å²) < 4.78 is 76.8. The Morgan fingerprint density at radius 2 is 1.88 bits per heavy atom. The molecule has 1 aromatic carbocycles. The number of alkyl halides is 5. The third-order valence-electron chi connectivity index (χ3n) is 4.63. The van der Waals surface area contributed by atoms with Gasteiger partial charge in [0, 0.05) is 34.7 Å². The average Bonchev–Trinajstić information content (AvgIpc) is 3.31. The molecule has 4 aromatic rings. The highest BCUT2D eigenvalue weighted by Gasteiger charge is 2.38. The van der Waals surface area contributed by atoms with E-state index >= 15 is 0 Å². The van der Waals surface area contributed by atoms with E-state index in [0.717, 1.165) is 16.7 Å². The second-order valence-corrected chi connectivity index (χ2v) is 7.81. The van der Waals surface area contributed by atoms with Crippen LogP contribution in [0.15, 0.2) is 45.5 Å². The minimum Gasteiger partial charge on any atom is -0.419 e. The van der Waals surface area contributed by atoms with E-state index in [2.05, 4.69) is 36.0 Å². The van der Waals surface area contributed by atoms with E-state index in [1.165, 1.54) is 18.5 Å². The lowest BCUT2D eigenvalue weighted by molar-refractivity contribution is -0.135. The lowest BCUT2D eigenvalue weighted by Crippen LogP contribution is -2.15. The highest BCUT2D eigenvalue weighted by molar-refractivity contribution is 9.10. The van der Waals surface area contributed by atoms with Crippen LogP contribution >= 0.6 is 15.9 Å². The first-order valence-electron chi connectivity index (χ1n) is 8.91. The van der Waals surface area contributed by atoms with E-state index in [-0.39, 0.29) is 17.3 Å². The molecule has 164 valence electrons. The van der Waals surface area contributed by atoms with Gasteiger partial charge in [0.2, 0.25) is 11.8 Å². The number of pyridine rings is 1. The van der Waals surface area contributed by atoms with E-state index < -0.39 is 41.0 Å². The normalized spacial score (nSPS) is 12.3. The van der Waals surface area contributed by atoms with Crippen molar-refractivity contribution in [3.63, 3.8) is 0 Å². The Balaban J connectivity index is 1.87. The van der Waals surface area contributed by atoms with Gasteiger partial charge in [-0.05, 0) is 34.1 Å². The minimum absolute atomic E-state index is 0.0707. The van der Waals surface area contributed by atoms with Gasteiger partial charge >= 0.3 is 6.18 Å². The van der Waals surface area contributed by atoms with Crippen molar-refractivity contribution in [1.29, 1.82) is 0 Å². The van der Waals surface area contributed by atoms with Crippen molar-refractivity contribution < 1.29 is 26.4 Å². The summed E-state index contributed by atoms with van der Waals surface area (Å²) in [5.74, 6) is -3.50. The zero-order valence-corrected chi connectivity index (χ0v) is 17.7. The Bertz CT molecular complexity index is 1360. The molecule has 0 bridgehead atoms. The van der Waals surface area contributed by atoms with Crippen LogP contribution in [0, 0.1) is 6.57 Å². The summed E-state index contributed by atoms with van der Waals surface area (Å²) in [5, 5.41) is 7.20. The molecule has 0 aliphatic carbocycles. The average molecular weight is 512 g/mol. The molecule has 0 N–H and O–H groups in total. The van der Waals surface area contributed by atoms with Gasteiger partial charge in [0.05, 0.1) is 23.4 Å². The maximum atomic E-state index is 14.3. The third kappa shape index (κ3) is 3.95. The summed E-state index contributed by atoms with van der Waals surface area (Å²) in [5.41, 5.74) is -2.28. The van der Waals surface area contributed by atoms with Crippen molar-refractivity contribution >= 4 is 32.5 Å². The van der Waals surface area contributed by atoms with Crippen LogP contribution in [-0.2, 0) is 18.6 Å². The number of hydrogen-bond donors (Lipinski definition) is 0. The van der Waals surface area contributed by atoms with Crippen molar-refractivity contribution in [2.75, 3.05) is 0 Å². The van der Waals surface area contributed by atoms with E-state index in [1.54, 1.807) is 6.07 Å². The van der Waals surface area contributed by atoms with Gasteiger partial charge in [-0.3, -0.25) is 4.98 Å². The summed E-state index contributed by atoms with van der Waals surface area (Å²) in [6, 6.07) is 4.56. The molecule has 0 unspecified atom stereocenters. The summed E-state index contributed by atoms with van der Waals surface area (Å²) in [4.78, 5) is 6.87. The van der Waals surface area contributed by atoms with Gasteiger partial charge in [-0.25, -0.2) is 13.6 Å². The van der Waals surface area contributed by atoms with Crippen LogP contribution in [0.3, 0.4) is 0 Å². The number of nitrogens with zero attached hydrogens (tertiary/aromatic N) is 5. The molecule has 32 heavy (non-hydrogen) atoms. The fraction of sp³-hybridized carbons (Fsp3) is 0.200. The van der Waals surface area contributed by atoms with Gasteiger partial charge < -0.3 is 8.98 Å². The quantitative estimate of drug-likeness (QED) is 0.229. The molecule has 0 aliphatic heterocycles. The SMILES string of the molecule is [C-]#[N+]c1ccc2c(cc(C(C)(F)F)n2Cc2nnc(-c3cncc(Br)c3)o2)c1C(F)(F)F. The van der Waals surface area contributed by atoms with Gasteiger partial charge in [0.25, 0.3) is 5.92 Å². The molecule has 0 saturated carbocycles. The Hall–Kier alpha value is -3.33. The van der Waals surface area contributed by atoms with E-state index in [4.69, 9.17) is 11.0 Å². The van der Waals surface area contributed by atoms with Crippen LogP contribution in [0.2, 0.25) is 0 Å². The molecule has 0 fully saturated rings. The van der Waals surface area contributed by atoms with Gasteiger partial charge in [0.15, 0.2) is 5.69 Å². The Labute approximate surface area is 185 Å². The number of rotatable bonds is 4. The lowest BCUT2D eigenvalue weighted by Gasteiger charge is -2.14. The predicted octanol–water partition coefficient (Wildman–Crippen LogP) is 6.58. The molecule has 0 radical (unpaired) electrons. The molecule has 0 saturated heterocycles. The standard InChI is InChI=1S/C20H11BrF5N5O/c1-19(22,23)15-6-12-14(4-3-13(27-2)17(12)20(24,25)26)31(15)9-16-29-30-18(32-16)10-5-11(21)8-28-7-10/h3-8H,9H2,1H3. The van der Waals surface area contributed by atoms with E-state index in [0.29, 0.717) is 17.0 Å². The van der Waals surface area contributed by atoms with Crippen LogP contribution in [0.1, 0.15) is 24.1 Å². The smallest absolute Gasteiger partial charge is 0.408 e. The van der Waals surface area contributed by atoms with Crippen molar-refractivity contribution in [3.8, 4) is 11.5 Å². The highest BCUT2D eigenvalue weighted by atomic mass is 79.9. The first-order valence-corrected chi connectivity index (χ1v) is 9.71. The molecule has 4 rings (SSSR count). The highest BCUT2D eigenvalue weighted by Crippen LogP contribution is 2.44. The Morgan fingerprint density at radius 1 is 1.12 bits per heavy atom. The summed E-state index contributed by atoms with van der Waals surface area (Å²) >= 11 is 3.26. The molecule has 3 aromatic heterocycles. The van der Waals surface area contributed by atoms with Crippen molar-refractivity contribution in [2.45, 2.75) is 25.6 Å². The maximum absolute atomic E-state index is 14.3. The van der Waals surface area contributed by atoms with Gasteiger partial charge in [-0.2, -0.15) is 13.2 Å². The van der Waals surface area contributed by atoms with Crippen LogP contribution in [0.4, 0.5) is 27.6 Å². The van der Waals surface area contributed by atoms with E-state index in [1.807, 2.05) is 0 Å². The van der Waals surface area contributed by atoms with Crippen molar-refractivity contribution in [3.05, 3.63) is 69.7 Å². The first kappa shape index (κ1) is 21.9. The van der Waals surface area contributed by atoms with Gasteiger partial charge in [-0.15, -0.1) is 10.2 Å². The lowest BCUT2D eigenvalue weighted by atomic mass is 10.1. The summed E-state index contributed by atoms with van der Waals surface area (Å²) in [6.07, 6.45) is -1.91. The molecule has 12 heteroatoms. The maximum Gasteiger partial charge on any atom is 0.408 e. The minimum atomic E-state index is -4.91. The molecule has 0 spiro atoms. The molecule has 0 atom stereocenters. The van der Waals surface area contributed by atoms with Crippen LogP contribution in [0.25, 0.3) is 27.2 Å². The fourth-order valence-corrected chi connectivity index (χ4v) is 3.71. The van der Waals surface area contributed by atoms with Crippen LogP contribution in [-0.4, -0.2) is 19.7 Å². The number of aromatic nitrogens is 4. The Morgan fingerprint density at radius 3 is 2.50 bits per heavy atom.